The first-order valence-corrected chi connectivity index (χ1v) is 7.57. The van der Waals surface area contributed by atoms with E-state index in [0.717, 1.165) is 51.9 Å². The van der Waals surface area contributed by atoms with E-state index in [2.05, 4.69) is 24.5 Å². The molecule has 1 rings (SSSR count). The second kappa shape index (κ2) is 8.54. The molecule has 1 fully saturated rings. The fraction of sp³-hybridized carbons (Fsp3) is 0.933. The van der Waals surface area contributed by atoms with Crippen LogP contribution in [0.1, 0.15) is 46.0 Å². The van der Waals surface area contributed by atoms with Gasteiger partial charge in [0.05, 0.1) is 0 Å². The Bertz CT molecular complexity index is 261. The molecule has 0 aromatic carbocycles. The van der Waals surface area contributed by atoms with E-state index in [-0.39, 0.29) is 11.3 Å². The van der Waals surface area contributed by atoms with Gasteiger partial charge < -0.3 is 15.4 Å². The molecule has 0 saturated carbocycles. The van der Waals surface area contributed by atoms with Crippen LogP contribution in [0.4, 0.5) is 0 Å². The van der Waals surface area contributed by atoms with Gasteiger partial charge in [0.25, 0.3) is 0 Å². The minimum atomic E-state index is -0.264. The van der Waals surface area contributed by atoms with Crippen LogP contribution in [0.3, 0.4) is 0 Å². The summed E-state index contributed by atoms with van der Waals surface area (Å²) in [6.45, 7) is 7.80. The van der Waals surface area contributed by atoms with Gasteiger partial charge in [0.1, 0.15) is 0 Å². The molecule has 0 aromatic rings. The molecule has 1 amide bonds. The Balaban J connectivity index is 2.22. The highest BCUT2D eigenvalue weighted by Gasteiger charge is 2.36. The van der Waals surface area contributed by atoms with Crippen molar-refractivity contribution in [2.24, 2.45) is 11.3 Å². The molecule has 1 heterocycles. The van der Waals surface area contributed by atoms with E-state index in [9.17, 15) is 4.79 Å². The number of piperidine rings is 1. The van der Waals surface area contributed by atoms with Gasteiger partial charge in [-0.1, -0.05) is 13.8 Å². The first-order chi connectivity index (χ1) is 9.09. The van der Waals surface area contributed by atoms with Crippen LogP contribution < -0.4 is 10.6 Å². The summed E-state index contributed by atoms with van der Waals surface area (Å²) in [6, 6.07) is 0. The number of ether oxygens (including phenoxy) is 1. The van der Waals surface area contributed by atoms with Crippen LogP contribution in [0.5, 0.6) is 0 Å². The molecule has 1 unspecified atom stereocenters. The van der Waals surface area contributed by atoms with Crippen LogP contribution in [-0.2, 0) is 9.53 Å². The molecule has 0 aliphatic carbocycles. The lowest BCUT2D eigenvalue weighted by atomic mass is 9.74. The standard InChI is InChI=1S/C15H30N2O2/c1-15(2,13-8-7-9-16-12-13)14(18)17-10-5-4-6-11-19-3/h13,16H,4-12H2,1-3H3,(H,17,18). The fourth-order valence-electron chi connectivity index (χ4n) is 2.63. The highest BCUT2D eigenvalue weighted by atomic mass is 16.5. The maximum Gasteiger partial charge on any atom is 0.225 e. The molecule has 4 nitrogen and oxygen atoms in total. The van der Waals surface area contributed by atoms with Crippen molar-refractivity contribution in [3.05, 3.63) is 0 Å². The number of unbranched alkanes of at least 4 members (excludes halogenated alkanes) is 2. The number of carbonyl (C=O) groups excluding carboxylic acids is 1. The molecule has 4 heteroatoms. The first kappa shape index (κ1) is 16.4. The molecule has 0 spiro atoms. The average molecular weight is 270 g/mol. The lowest BCUT2D eigenvalue weighted by Gasteiger charge is -2.36. The Kier molecular flexibility index (Phi) is 7.39. The van der Waals surface area contributed by atoms with Crippen molar-refractivity contribution in [1.29, 1.82) is 0 Å². The summed E-state index contributed by atoms with van der Waals surface area (Å²) in [5.41, 5.74) is -0.264. The van der Waals surface area contributed by atoms with E-state index in [1.54, 1.807) is 7.11 Å². The van der Waals surface area contributed by atoms with Gasteiger partial charge in [-0.2, -0.15) is 0 Å². The average Bonchev–Trinajstić information content (AvgIpc) is 2.43. The predicted molar refractivity (Wildman–Crippen MR) is 78.1 cm³/mol. The zero-order chi connectivity index (χ0) is 14.1. The van der Waals surface area contributed by atoms with Gasteiger partial charge in [-0.05, 0) is 51.1 Å². The Hall–Kier alpha value is -0.610. The van der Waals surface area contributed by atoms with Crippen molar-refractivity contribution in [1.82, 2.24) is 10.6 Å². The Morgan fingerprint density at radius 2 is 2.16 bits per heavy atom. The van der Waals surface area contributed by atoms with Crippen molar-refractivity contribution in [2.75, 3.05) is 33.4 Å². The van der Waals surface area contributed by atoms with Crippen molar-refractivity contribution in [2.45, 2.75) is 46.0 Å². The maximum absolute atomic E-state index is 12.3. The van der Waals surface area contributed by atoms with Gasteiger partial charge in [0.15, 0.2) is 0 Å². The van der Waals surface area contributed by atoms with Crippen LogP contribution in [0.15, 0.2) is 0 Å². The van der Waals surface area contributed by atoms with Crippen LogP contribution in [0.2, 0.25) is 0 Å². The van der Waals surface area contributed by atoms with Crippen molar-refractivity contribution in [3.63, 3.8) is 0 Å². The number of amides is 1. The normalized spacial score (nSPS) is 20.3. The van der Waals surface area contributed by atoms with Crippen molar-refractivity contribution < 1.29 is 9.53 Å². The fourth-order valence-corrected chi connectivity index (χ4v) is 2.63. The number of nitrogens with one attached hydrogen (secondary N) is 2. The van der Waals surface area contributed by atoms with Gasteiger partial charge in [-0.15, -0.1) is 0 Å². The van der Waals surface area contributed by atoms with E-state index in [0.29, 0.717) is 5.92 Å². The molecule has 0 aromatic heterocycles. The smallest absolute Gasteiger partial charge is 0.225 e. The minimum Gasteiger partial charge on any atom is -0.385 e. The molecular formula is C15H30N2O2. The summed E-state index contributed by atoms with van der Waals surface area (Å²) >= 11 is 0. The van der Waals surface area contributed by atoms with Gasteiger partial charge in [-0.3, -0.25) is 4.79 Å². The molecular weight excluding hydrogens is 240 g/mol. The monoisotopic (exact) mass is 270 g/mol. The van der Waals surface area contributed by atoms with E-state index in [1.165, 1.54) is 6.42 Å². The number of methoxy groups -OCH3 is 1. The van der Waals surface area contributed by atoms with E-state index < -0.39 is 0 Å². The molecule has 0 radical (unpaired) electrons. The highest BCUT2D eigenvalue weighted by molar-refractivity contribution is 5.82. The van der Waals surface area contributed by atoms with Crippen LogP contribution in [-0.4, -0.2) is 39.3 Å². The predicted octanol–water partition coefficient (Wildman–Crippen LogP) is 1.95. The highest BCUT2D eigenvalue weighted by Crippen LogP contribution is 2.31. The summed E-state index contributed by atoms with van der Waals surface area (Å²) in [6.07, 6.45) is 5.55. The molecule has 1 aliphatic heterocycles. The Labute approximate surface area is 117 Å². The SMILES string of the molecule is COCCCCCNC(=O)C(C)(C)C1CCCNC1. The first-order valence-electron chi connectivity index (χ1n) is 7.57. The topological polar surface area (TPSA) is 50.4 Å². The minimum absolute atomic E-state index is 0.202. The lowest BCUT2D eigenvalue weighted by molar-refractivity contribution is -0.132. The molecule has 1 saturated heterocycles. The van der Waals surface area contributed by atoms with E-state index >= 15 is 0 Å². The summed E-state index contributed by atoms with van der Waals surface area (Å²) < 4.78 is 5.01. The second-order valence-electron chi connectivity index (χ2n) is 6.07. The summed E-state index contributed by atoms with van der Waals surface area (Å²) in [4.78, 5) is 12.3. The van der Waals surface area contributed by atoms with Gasteiger partial charge >= 0.3 is 0 Å². The van der Waals surface area contributed by atoms with Crippen LogP contribution >= 0.6 is 0 Å². The molecule has 19 heavy (non-hydrogen) atoms. The summed E-state index contributed by atoms with van der Waals surface area (Å²) in [5, 5.41) is 6.48. The molecule has 2 N–H and O–H groups in total. The van der Waals surface area contributed by atoms with Gasteiger partial charge in [-0.25, -0.2) is 0 Å². The summed E-state index contributed by atoms with van der Waals surface area (Å²) in [5.74, 6) is 0.655. The van der Waals surface area contributed by atoms with Gasteiger partial charge in [0, 0.05) is 25.7 Å². The number of rotatable bonds is 8. The van der Waals surface area contributed by atoms with Crippen molar-refractivity contribution >= 4 is 5.91 Å². The largest absolute Gasteiger partial charge is 0.385 e. The zero-order valence-electron chi connectivity index (χ0n) is 12.8. The third-order valence-electron chi connectivity index (χ3n) is 4.21. The quantitative estimate of drug-likeness (QED) is 0.663. The molecule has 1 atom stereocenters. The lowest BCUT2D eigenvalue weighted by Crippen LogP contribution is -2.47. The third-order valence-corrected chi connectivity index (χ3v) is 4.21. The summed E-state index contributed by atoms with van der Waals surface area (Å²) in [7, 11) is 1.72. The number of hydrogen-bond donors (Lipinski definition) is 2. The van der Waals surface area contributed by atoms with E-state index in [4.69, 9.17) is 4.74 Å². The Morgan fingerprint density at radius 3 is 2.79 bits per heavy atom. The number of carbonyl (C=O) groups is 1. The van der Waals surface area contributed by atoms with Crippen LogP contribution in [0, 0.1) is 11.3 Å². The zero-order valence-corrected chi connectivity index (χ0v) is 12.8. The molecule has 1 aliphatic rings. The molecule has 112 valence electrons. The van der Waals surface area contributed by atoms with Crippen LogP contribution in [0.25, 0.3) is 0 Å². The van der Waals surface area contributed by atoms with E-state index in [1.807, 2.05) is 0 Å². The maximum atomic E-state index is 12.3. The van der Waals surface area contributed by atoms with Crippen molar-refractivity contribution in [3.8, 4) is 0 Å². The Morgan fingerprint density at radius 1 is 1.37 bits per heavy atom. The molecule has 0 bridgehead atoms. The number of hydrogen-bond acceptors (Lipinski definition) is 3. The second-order valence-corrected chi connectivity index (χ2v) is 6.07. The third kappa shape index (κ3) is 5.49. The van der Waals surface area contributed by atoms with Gasteiger partial charge in [0.2, 0.25) is 5.91 Å².